The molecule has 3 aromatic rings. The van der Waals surface area contributed by atoms with Crippen LogP contribution in [0.25, 0.3) is 11.3 Å². The van der Waals surface area contributed by atoms with Crippen LogP contribution in [-0.4, -0.2) is 51.7 Å². The fraction of sp³-hybridized carbons (Fsp3) is 0.318. The Labute approximate surface area is 187 Å². The molecule has 1 aliphatic rings. The zero-order valence-corrected chi connectivity index (χ0v) is 17.7. The van der Waals surface area contributed by atoms with Gasteiger partial charge in [0.2, 0.25) is 5.95 Å². The second-order valence-corrected chi connectivity index (χ2v) is 7.84. The van der Waals surface area contributed by atoms with Gasteiger partial charge in [-0.25, -0.2) is 18.7 Å². The number of rotatable bonds is 6. The Hall–Kier alpha value is -2.88. The van der Waals surface area contributed by atoms with Gasteiger partial charge in [0.15, 0.2) is 0 Å². The van der Waals surface area contributed by atoms with E-state index < -0.39 is 36.2 Å². The van der Waals surface area contributed by atoms with E-state index in [4.69, 9.17) is 16.3 Å². The molecule has 1 fully saturated rings. The first-order valence-corrected chi connectivity index (χ1v) is 10.4. The lowest BCUT2D eigenvalue weighted by atomic mass is 10.1. The van der Waals surface area contributed by atoms with Gasteiger partial charge < -0.3 is 19.7 Å². The maximum absolute atomic E-state index is 14.0. The number of halogens is 3. The van der Waals surface area contributed by atoms with Gasteiger partial charge in [-0.2, -0.15) is 0 Å². The van der Waals surface area contributed by atoms with Crippen LogP contribution in [-0.2, 0) is 4.74 Å². The lowest BCUT2D eigenvalue weighted by Gasteiger charge is -2.26. The van der Waals surface area contributed by atoms with Gasteiger partial charge in [0.25, 0.3) is 5.56 Å². The topological polar surface area (TPSA) is 89.3 Å². The van der Waals surface area contributed by atoms with Crippen LogP contribution in [0, 0.1) is 5.82 Å². The number of alkyl halides is 1. The molecular formula is C22H21ClF2N4O3. The molecule has 7 nitrogen and oxygen atoms in total. The van der Waals surface area contributed by atoms with Gasteiger partial charge in [0.1, 0.15) is 12.0 Å². The summed E-state index contributed by atoms with van der Waals surface area (Å²) in [5.41, 5.74) is 1.01. The Morgan fingerprint density at radius 2 is 2.16 bits per heavy atom. The summed E-state index contributed by atoms with van der Waals surface area (Å²) in [6, 6.07) is 7.58. The Morgan fingerprint density at radius 3 is 2.88 bits per heavy atom. The minimum absolute atomic E-state index is 0.0269. The third-order valence-electron chi connectivity index (χ3n) is 5.34. The number of hydrogen-bond acceptors (Lipinski definition) is 6. The number of benzene rings is 1. The molecular weight excluding hydrogens is 442 g/mol. The predicted molar refractivity (Wildman–Crippen MR) is 116 cm³/mol. The first-order valence-electron chi connectivity index (χ1n) is 10.1. The van der Waals surface area contributed by atoms with E-state index in [2.05, 4.69) is 15.3 Å². The first kappa shape index (κ1) is 22.3. The highest BCUT2D eigenvalue weighted by Crippen LogP contribution is 2.24. The summed E-state index contributed by atoms with van der Waals surface area (Å²) in [6.07, 6.45) is 2.37. The molecule has 3 heterocycles. The quantitative estimate of drug-likeness (QED) is 0.584. The minimum Gasteiger partial charge on any atom is -0.394 e. The second kappa shape index (κ2) is 9.72. The largest absolute Gasteiger partial charge is 0.394 e. The minimum atomic E-state index is -1.16. The van der Waals surface area contributed by atoms with Crippen LogP contribution in [0.4, 0.5) is 14.7 Å². The van der Waals surface area contributed by atoms with Crippen molar-refractivity contribution < 1.29 is 18.6 Å². The van der Waals surface area contributed by atoms with Gasteiger partial charge in [0, 0.05) is 30.6 Å². The molecule has 32 heavy (non-hydrogen) atoms. The van der Waals surface area contributed by atoms with Crippen molar-refractivity contribution in [2.75, 3.05) is 25.1 Å². The Bertz CT molecular complexity index is 1160. The molecule has 0 amide bonds. The maximum Gasteiger partial charge on any atom is 0.251 e. The Balaban J connectivity index is 1.59. The highest BCUT2D eigenvalue weighted by Gasteiger charge is 2.26. The van der Waals surface area contributed by atoms with E-state index in [9.17, 15) is 18.7 Å². The van der Waals surface area contributed by atoms with Gasteiger partial charge in [0.05, 0.1) is 36.0 Å². The fourth-order valence-electron chi connectivity index (χ4n) is 3.60. The third-order valence-corrected chi connectivity index (χ3v) is 5.64. The van der Waals surface area contributed by atoms with Gasteiger partial charge in [-0.1, -0.05) is 17.7 Å². The fourth-order valence-corrected chi connectivity index (χ4v) is 3.72. The number of aliphatic hydroxyl groups excluding tert-OH is 1. The Kier molecular flexibility index (Phi) is 6.78. The summed E-state index contributed by atoms with van der Waals surface area (Å²) in [5.74, 6) is -0.376. The second-order valence-electron chi connectivity index (χ2n) is 7.43. The third kappa shape index (κ3) is 4.79. The van der Waals surface area contributed by atoms with Crippen LogP contribution >= 0.6 is 11.6 Å². The molecule has 3 atom stereocenters. The van der Waals surface area contributed by atoms with Gasteiger partial charge in [-0.15, -0.1) is 0 Å². The maximum atomic E-state index is 14.0. The molecule has 2 N–H and O–H groups in total. The van der Waals surface area contributed by atoms with Gasteiger partial charge >= 0.3 is 0 Å². The number of nitrogens with zero attached hydrogens (tertiary/aromatic N) is 3. The molecule has 0 bridgehead atoms. The van der Waals surface area contributed by atoms with Crippen LogP contribution in [0.5, 0.6) is 0 Å². The molecule has 0 spiro atoms. The van der Waals surface area contributed by atoms with E-state index in [0.29, 0.717) is 29.8 Å². The van der Waals surface area contributed by atoms with Crippen LogP contribution < -0.4 is 10.9 Å². The van der Waals surface area contributed by atoms with E-state index in [1.54, 1.807) is 18.2 Å². The lowest BCUT2D eigenvalue weighted by molar-refractivity contribution is 0.0284. The van der Waals surface area contributed by atoms with Crippen molar-refractivity contribution in [3.05, 3.63) is 75.5 Å². The molecule has 1 aromatic carbocycles. The molecule has 1 aliphatic heterocycles. The van der Waals surface area contributed by atoms with E-state index in [1.807, 2.05) is 0 Å². The summed E-state index contributed by atoms with van der Waals surface area (Å²) in [7, 11) is 0. The van der Waals surface area contributed by atoms with Gasteiger partial charge in [-0.05, 0) is 36.2 Å². The van der Waals surface area contributed by atoms with Crippen molar-refractivity contribution in [3.63, 3.8) is 0 Å². The number of aromatic nitrogens is 3. The summed E-state index contributed by atoms with van der Waals surface area (Å²) in [6.45, 7) is 0.0794. The van der Waals surface area contributed by atoms with Crippen molar-refractivity contribution in [2.45, 2.75) is 24.7 Å². The number of anilines is 1. The lowest BCUT2D eigenvalue weighted by Crippen LogP contribution is -2.39. The molecule has 10 heteroatoms. The normalized spacial score (nSPS) is 19.5. The molecule has 4 rings (SSSR count). The predicted octanol–water partition coefficient (Wildman–Crippen LogP) is 3.22. The molecule has 0 saturated carbocycles. The number of aliphatic hydroxyl groups is 1. The smallest absolute Gasteiger partial charge is 0.251 e. The summed E-state index contributed by atoms with van der Waals surface area (Å²) in [5, 5.41) is 12.8. The average Bonchev–Trinajstić information content (AvgIpc) is 2.79. The zero-order valence-electron chi connectivity index (χ0n) is 16.9. The standard InChI is InChI=1S/C22H21ClF2N4O3/c23-15-2-1-14(9-16(15)24)20(11-30)29-7-4-13(10-21(29)31)18-3-6-26-22(27-18)28-19-5-8-32-12-17(19)25/h1-4,6-7,9-10,17,19-20,30H,5,8,11-12H2,(H,26,27,28)/t17-,19-,20?/m0/s1. The van der Waals surface area contributed by atoms with Crippen LogP contribution in [0.3, 0.4) is 0 Å². The van der Waals surface area contributed by atoms with Crippen LogP contribution in [0.1, 0.15) is 18.0 Å². The molecule has 2 aromatic heterocycles. The van der Waals surface area contributed by atoms with Crippen LogP contribution in [0.2, 0.25) is 5.02 Å². The SMILES string of the molecule is O=c1cc(-c2ccnc(N[C@H]3CCOC[C@@H]3F)n2)ccn1C(CO)c1ccc(Cl)c(F)c1. The van der Waals surface area contributed by atoms with E-state index in [-0.39, 0.29) is 17.6 Å². The molecule has 0 radical (unpaired) electrons. The highest BCUT2D eigenvalue weighted by molar-refractivity contribution is 6.30. The average molecular weight is 463 g/mol. The summed E-state index contributed by atoms with van der Waals surface area (Å²) in [4.78, 5) is 21.3. The van der Waals surface area contributed by atoms with E-state index in [0.717, 1.165) is 0 Å². The summed E-state index contributed by atoms with van der Waals surface area (Å²) < 4.78 is 34.3. The first-order chi connectivity index (χ1) is 15.5. The van der Waals surface area contributed by atoms with Crippen molar-refractivity contribution in [3.8, 4) is 11.3 Å². The van der Waals surface area contributed by atoms with E-state index in [1.165, 1.54) is 35.2 Å². The monoisotopic (exact) mass is 462 g/mol. The van der Waals surface area contributed by atoms with Crippen molar-refractivity contribution >= 4 is 17.5 Å². The Morgan fingerprint density at radius 1 is 1.31 bits per heavy atom. The van der Waals surface area contributed by atoms with Crippen molar-refractivity contribution in [1.29, 1.82) is 0 Å². The van der Waals surface area contributed by atoms with Crippen molar-refractivity contribution in [2.24, 2.45) is 0 Å². The van der Waals surface area contributed by atoms with Crippen molar-refractivity contribution in [1.82, 2.24) is 14.5 Å². The molecule has 168 valence electrons. The molecule has 1 saturated heterocycles. The van der Waals surface area contributed by atoms with E-state index >= 15 is 0 Å². The number of ether oxygens (including phenoxy) is 1. The number of nitrogens with one attached hydrogen (secondary N) is 1. The highest BCUT2D eigenvalue weighted by atomic mass is 35.5. The summed E-state index contributed by atoms with van der Waals surface area (Å²) >= 11 is 5.73. The number of hydrogen-bond donors (Lipinski definition) is 2. The molecule has 1 unspecified atom stereocenters. The number of pyridine rings is 1. The van der Waals surface area contributed by atoms with Gasteiger partial charge in [-0.3, -0.25) is 4.79 Å². The molecule has 0 aliphatic carbocycles. The zero-order chi connectivity index (χ0) is 22.7. The van der Waals surface area contributed by atoms with Crippen LogP contribution in [0.15, 0.2) is 53.6 Å².